The van der Waals surface area contributed by atoms with Gasteiger partial charge >= 0.3 is 0 Å². The van der Waals surface area contributed by atoms with E-state index in [0.717, 1.165) is 0 Å². The molecule has 5 heteroatoms. The zero-order valence-electron chi connectivity index (χ0n) is 10.4. The number of hydrogen-bond acceptors (Lipinski definition) is 2. The Bertz CT molecular complexity index is 559. The highest BCUT2D eigenvalue weighted by atomic mass is 16.2. The molecule has 0 saturated heterocycles. The summed E-state index contributed by atoms with van der Waals surface area (Å²) in [4.78, 5) is 22.6. The third-order valence-corrected chi connectivity index (χ3v) is 2.72. The zero-order chi connectivity index (χ0) is 13.7. The van der Waals surface area contributed by atoms with Crippen LogP contribution in [0.15, 0.2) is 48.8 Å². The van der Waals surface area contributed by atoms with Crippen LogP contribution in [0.4, 0.5) is 5.69 Å². The summed E-state index contributed by atoms with van der Waals surface area (Å²) in [6, 6.07) is 10.3. The molecule has 1 aromatic carbocycles. The van der Waals surface area contributed by atoms with Crippen molar-refractivity contribution in [2.75, 3.05) is 5.32 Å². The van der Waals surface area contributed by atoms with Gasteiger partial charge in [0.1, 0.15) is 0 Å². The van der Waals surface area contributed by atoms with Crippen LogP contribution in [-0.4, -0.2) is 16.4 Å². The number of carbonyl (C=O) groups excluding carboxylic acids is 2. The van der Waals surface area contributed by atoms with E-state index >= 15 is 0 Å². The maximum absolute atomic E-state index is 11.7. The Labute approximate surface area is 111 Å². The molecule has 3 N–H and O–H groups in total. The molecule has 1 heterocycles. The fourth-order valence-electron chi connectivity index (χ4n) is 1.69. The molecule has 0 aliphatic heterocycles. The minimum Gasteiger partial charge on any atom is -0.366 e. The Kier molecular flexibility index (Phi) is 3.97. The second kappa shape index (κ2) is 5.86. The van der Waals surface area contributed by atoms with Crippen LogP contribution in [0.25, 0.3) is 0 Å². The van der Waals surface area contributed by atoms with Gasteiger partial charge in [0.15, 0.2) is 0 Å². The summed E-state index contributed by atoms with van der Waals surface area (Å²) in [5, 5.41) is 2.77. The number of nitrogens with zero attached hydrogens (tertiary/aromatic N) is 1. The van der Waals surface area contributed by atoms with E-state index in [-0.39, 0.29) is 5.91 Å². The predicted octanol–water partition coefficient (Wildman–Crippen LogP) is 1.62. The molecule has 0 bridgehead atoms. The van der Waals surface area contributed by atoms with Gasteiger partial charge in [-0.05, 0) is 36.4 Å². The van der Waals surface area contributed by atoms with Crippen molar-refractivity contribution < 1.29 is 9.59 Å². The van der Waals surface area contributed by atoms with Gasteiger partial charge in [0, 0.05) is 36.6 Å². The number of amides is 2. The molecular formula is C14H15N3O2. The first-order valence-corrected chi connectivity index (χ1v) is 5.95. The fourth-order valence-corrected chi connectivity index (χ4v) is 1.69. The van der Waals surface area contributed by atoms with Crippen LogP contribution >= 0.6 is 0 Å². The van der Waals surface area contributed by atoms with Crippen molar-refractivity contribution in [3.8, 4) is 0 Å². The summed E-state index contributed by atoms with van der Waals surface area (Å²) >= 11 is 0. The minimum absolute atomic E-state index is 0.0690. The van der Waals surface area contributed by atoms with Gasteiger partial charge in [-0.25, -0.2) is 0 Å². The van der Waals surface area contributed by atoms with E-state index in [0.29, 0.717) is 24.2 Å². The number of rotatable bonds is 5. The van der Waals surface area contributed by atoms with Crippen molar-refractivity contribution in [1.82, 2.24) is 4.57 Å². The summed E-state index contributed by atoms with van der Waals surface area (Å²) in [5.74, 6) is -0.550. The number of nitrogens with two attached hydrogens (primary N) is 1. The average Bonchev–Trinajstić information content (AvgIpc) is 2.90. The lowest BCUT2D eigenvalue weighted by molar-refractivity contribution is -0.116. The smallest absolute Gasteiger partial charge is 0.248 e. The molecular weight excluding hydrogens is 242 g/mol. The monoisotopic (exact) mass is 257 g/mol. The largest absolute Gasteiger partial charge is 0.366 e. The van der Waals surface area contributed by atoms with Gasteiger partial charge in [-0.15, -0.1) is 0 Å². The molecule has 0 atom stereocenters. The molecule has 2 aromatic rings. The lowest BCUT2D eigenvalue weighted by Crippen LogP contribution is -2.14. The third kappa shape index (κ3) is 3.70. The number of aromatic nitrogens is 1. The number of aryl methyl sites for hydroxylation is 1. The van der Waals surface area contributed by atoms with Gasteiger partial charge in [-0.1, -0.05) is 0 Å². The second-order valence-corrected chi connectivity index (χ2v) is 4.16. The third-order valence-electron chi connectivity index (χ3n) is 2.72. The van der Waals surface area contributed by atoms with Crippen LogP contribution in [-0.2, 0) is 11.3 Å². The van der Waals surface area contributed by atoms with Crippen molar-refractivity contribution in [2.45, 2.75) is 13.0 Å². The molecule has 2 rings (SSSR count). The van der Waals surface area contributed by atoms with Gasteiger partial charge in [0.05, 0.1) is 0 Å². The van der Waals surface area contributed by atoms with Crippen molar-refractivity contribution in [3.63, 3.8) is 0 Å². The summed E-state index contributed by atoms with van der Waals surface area (Å²) < 4.78 is 1.94. The number of benzene rings is 1. The van der Waals surface area contributed by atoms with Crippen LogP contribution in [0, 0.1) is 0 Å². The van der Waals surface area contributed by atoms with E-state index in [4.69, 9.17) is 5.73 Å². The molecule has 0 aliphatic carbocycles. The van der Waals surface area contributed by atoms with Crippen molar-refractivity contribution in [2.24, 2.45) is 5.73 Å². The van der Waals surface area contributed by atoms with E-state index in [1.807, 2.05) is 29.1 Å². The standard InChI is InChI=1S/C14H15N3O2/c15-14(19)11-3-5-12(6-4-11)16-13(18)7-10-17-8-1-2-9-17/h1-6,8-9H,7,10H2,(H2,15,19)(H,16,18). The van der Waals surface area contributed by atoms with Gasteiger partial charge in [0.25, 0.3) is 0 Å². The summed E-state index contributed by atoms with van der Waals surface area (Å²) in [5.41, 5.74) is 6.21. The highest BCUT2D eigenvalue weighted by Crippen LogP contribution is 2.09. The molecule has 5 nitrogen and oxygen atoms in total. The number of nitrogens with one attached hydrogen (secondary N) is 1. The van der Waals surface area contributed by atoms with Crippen LogP contribution in [0.2, 0.25) is 0 Å². The maximum Gasteiger partial charge on any atom is 0.248 e. The Balaban J connectivity index is 1.86. The van der Waals surface area contributed by atoms with Crippen molar-refractivity contribution in [3.05, 3.63) is 54.4 Å². The molecule has 0 unspecified atom stereocenters. The van der Waals surface area contributed by atoms with Crippen LogP contribution < -0.4 is 11.1 Å². The van der Waals surface area contributed by atoms with Gasteiger partial charge in [0.2, 0.25) is 11.8 Å². The molecule has 0 saturated carbocycles. The van der Waals surface area contributed by atoms with Gasteiger partial charge in [-0.2, -0.15) is 0 Å². The quantitative estimate of drug-likeness (QED) is 0.853. The molecule has 0 radical (unpaired) electrons. The lowest BCUT2D eigenvalue weighted by atomic mass is 10.2. The molecule has 98 valence electrons. The second-order valence-electron chi connectivity index (χ2n) is 4.16. The number of carbonyl (C=O) groups is 2. The summed E-state index contributed by atoms with van der Waals surface area (Å²) in [6.07, 6.45) is 4.22. The molecule has 0 fully saturated rings. The molecule has 1 aromatic heterocycles. The highest BCUT2D eigenvalue weighted by molar-refractivity contribution is 5.94. The Hall–Kier alpha value is -2.56. The molecule has 0 spiro atoms. The first kappa shape index (κ1) is 12.9. The Morgan fingerprint density at radius 2 is 1.74 bits per heavy atom. The number of anilines is 1. The summed E-state index contributed by atoms with van der Waals surface area (Å²) in [6.45, 7) is 0.637. The van der Waals surface area contributed by atoms with Gasteiger partial charge < -0.3 is 15.6 Å². The topological polar surface area (TPSA) is 77.1 Å². The first-order valence-electron chi connectivity index (χ1n) is 5.95. The maximum atomic E-state index is 11.7. The lowest BCUT2D eigenvalue weighted by Gasteiger charge is -2.06. The Morgan fingerprint density at radius 3 is 2.32 bits per heavy atom. The van der Waals surface area contributed by atoms with Crippen molar-refractivity contribution >= 4 is 17.5 Å². The molecule has 0 aliphatic rings. The first-order chi connectivity index (χ1) is 9.15. The predicted molar refractivity (Wildman–Crippen MR) is 72.6 cm³/mol. The Morgan fingerprint density at radius 1 is 1.11 bits per heavy atom. The van der Waals surface area contributed by atoms with Crippen molar-refractivity contribution in [1.29, 1.82) is 0 Å². The van der Waals surface area contributed by atoms with Crippen LogP contribution in [0.1, 0.15) is 16.8 Å². The SMILES string of the molecule is NC(=O)c1ccc(NC(=O)CCn2cccc2)cc1. The van der Waals surface area contributed by atoms with Crippen LogP contribution in [0.5, 0.6) is 0 Å². The van der Waals surface area contributed by atoms with E-state index in [1.165, 1.54) is 0 Å². The van der Waals surface area contributed by atoms with Crippen LogP contribution in [0.3, 0.4) is 0 Å². The normalized spacial score (nSPS) is 10.1. The zero-order valence-corrected chi connectivity index (χ0v) is 10.4. The van der Waals surface area contributed by atoms with E-state index in [9.17, 15) is 9.59 Å². The van der Waals surface area contributed by atoms with E-state index in [2.05, 4.69) is 5.32 Å². The molecule has 2 amide bonds. The highest BCUT2D eigenvalue weighted by Gasteiger charge is 2.04. The van der Waals surface area contributed by atoms with E-state index < -0.39 is 5.91 Å². The minimum atomic E-state index is -0.481. The fraction of sp³-hybridized carbons (Fsp3) is 0.143. The van der Waals surface area contributed by atoms with Gasteiger partial charge in [-0.3, -0.25) is 9.59 Å². The number of primary amides is 1. The average molecular weight is 257 g/mol. The summed E-state index contributed by atoms with van der Waals surface area (Å²) in [7, 11) is 0. The number of hydrogen-bond donors (Lipinski definition) is 2. The van der Waals surface area contributed by atoms with E-state index in [1.54, 1.807) is 24.3 Å². The molecule has 19 heavy (non-hydrogen) atoms.